The van der Waals surface area contributed by atoms with E-state index in [9.17, 15) is 24.2 Å². The first-order valence-electron chi connectivity index (χ1n) is 7.68. The van der Waals surface area contributed by atoms with Gasteiger partial charge in [-0.25, -0.2) is 4.39 Å². The number of carbonyl (C=O) groups excluding carboxylic acids is 1. The Hall–Kier alpha value is -3.15. The molecule has 3 aromatic rings. The van der Waals surface area contributed by atoms with Crippen molar-refractivity contribution in [1.82, 2.24) is 4.57 Å². The SMILES string of the molecule is Cc1c(C(C)C(=O)O)c2cc(O)ccc2n1C(=O)c1cccc(F)c1. The number of hydrogen-bond acceptors (Lipinski definition) is 3. The number of aromatic hydroxyl groups is 1. The highest BCUT2D eigenvalue weighted by Gasteiger charge is 2.26. The molecule has 0 aliphatic carbocycles. The van der Waals surface area contributed by atoms with Gasteiger partial charge in [-0.1, -0.05) is 6.07 Å². The molecule has 1 heterocycles. The van der Waals surface area contributed by atoms with E-state index in [1.165, 1.54) is 41.8 Å². The molecule has 2 aromatic carbocycles. The molecule has 0 aliphatic rings. The Kier molecular flexibility index (Phi) is 4.04. The molecule has 3 rings (SSSR count). The molecule has 6 heteroatoms. The maximum absolute atomic E-state index is 13.5. The predicted octanol–water partition coefficient (Wildman–Crippen LogP) is 3.67. The summed E-state index contributed by atoms with van der Waals surface area (Å²) in [6.45, 7) is 3.16. The van der Waals surface area contributed by atoms with Gasteiger partial charge in [0.15, 0.2) is 0 Å². The number of carbonyl (C=O) groups is 2. The topological polar surface area (TPSA) is 79.5 Å². The van der Waals surface area contributed by atoms with Gasteiger partial charge in [-0.15, -0.1) is 0 Å². The van der Waals surface area contributed by atoms with Gasteiger partial charge in [0.1, 0.15) is 11.6 Å². The molecular formula is C19H16FNO4. The number of carboxylic acids is 1. The molecular weight excluding hydrogens is 325 g/mol. The Morgan fingerprint density at radius 3 is 2.52 bits per heavy atom. The van der Waals surface area contributed by atoms with E-state index in [1.807, 2.05) is 0 Å². The fourth-order valence-electron chi connectivity index (χ4n) is 3.11. The highest BCUT2D eigenvalue weighted by molar-refractivity contribution is 6.05. The number of hydrogen-bond donors (Lipinski definition) is 2. The fraction of sp³-hybridized carbons (Fsp3) is 0.158. The van der Waals surface area contributed by atoms with Crippen LogP contribution < -0.4 is 0 Å². The van der Waals surface area contributed by atoms with Gasteiger partial charge in [0.05, 0.1) is 11.4 Å². The van der Waals surface area contributed by atoms with Crippen molar-refractivity contribution in [2.45, 2.75) is 19.8 Å². The molecule has 1 aromatic heterocycles. The van der Waals surface area contributed by atoms with E-state index in [0.29, 0.717) is 22.2 Å². The van der Waals surface area contributed by atoms with Crippen LogP contribution in [0.1, 0.15) is 34.5 Å². The average molecular weight is 341 g/mol. The molecule has 25 heavy (non-hydrogen) atoms. The van der Waals surface area contributed by atoms with E-state index in [1.54, 1.807) is 13.0 Å². The van der Waals surface area contributed by atoms with E-state index in [-0.39, 0.29) is 11.3 Å². The maximum atomic E-state index is 13.5. The van der Waals surface area contributed by atoms with Gasteiger partial charge in [0.25, 0.3) is 5.91 Å². The lowest BCUT2D eigenvalue weighted by molar-refractivity contribution is -0.138. The average Bonchev–Trinajstić information content (AvgIpc) is 2.84. The number of nitrogens with zero attached hydrogens (tertiary/aromatic N) is 1. The highest BCUT2D eigenvalue weighted by atomic mass is 19.1. The monoisotopic (exact) mass is 341 g/mol. The van der Waals surface area contributed by atoms with Crippen LogP contribution in [0, 0.1) is 12.7 Å². The Morgan fingerprint density at radius 1 is 1.16 bits per heavy atom. The largest absolute Gasteiger partial charge is 0.508 e. The van der Waals surface area contributed by atoms with Crippen LogP contribution in [0.25, 0.3) is 10.9 Å². The van der Waals surface area contributed by atoms with E-state index in [4.69, 9.17) is 0 Å². The fourth-order valence-corrected chi connectivity index (χ4v) is 3.11. The molecule has 5 nitrogen and oxygen atoms in total. The summed E-state index contributed by atoms with van der Waals surface area (Å²) in [7, 11) is 0. The van der Waals surface area contributed by atoms with Crippen LogP contribution in [0.15, 0.2) is 42.5 Å². The summed E-state index contributed by atoms with van der Waals surface area (Å²) in [4.78, 5) is 24.4. The molecule has 1 unspecified atom stereocenters. The summed E-state index contributed by atoms with van der Waals surface area (Å²) in [5.74, 6) is -2.93. The second-order valence-electron chi connectivity index (χ2n) is 5.91. The maximum Gasteiger partial charge on any atom is 0.310 e. The summed E-state index contributed by atoms with van der Waals surface area (Å²) in [5.41, 5.74) is 1.52. The molecule has 0 aliphatic heterocycles. The third-order valence-electron chi connectivity index (χ3n) is 4.31. The van der Waals surface area contributed by atoms with Crippen molar-refractivity contribution in [2.75, 3.05) is 0 Å². The van der Waals surface area contributed by atoms with E-state index < -0.39 is 23.6 Å². The minimum Gasteiger partial charge on any atom is -0.508 e. The number of aliphatic carboxylic acids is 1. The molecule has 0 saturated carbocycles. The lowest BCUT2D eigenvalue weighted by atomic mass is 9.98. The minimum absolute atomic E-state index is 0.0262. The molecule has 0 bridgehead atoms. The Bertz CT molecular complexity index is 1010. The lowest BCUT2D eigenvalue weighted by Gasteiger charge is -2.09. The Morgan fingerprint density at radius 2 is 1.88 bits per heavy atom. The van der Waals surface area contributed by atoms with Crippen LogP contribution in [-0.4, -0.2) is 26.7 Å². The number of halogens is 1. The summed E-state index contributed by atoms with van der Waals surface area (Å²) in [6.07, 6.45) is 0. The number of phenols is 1. The van der Waals surface area contributed by atoms with Crippen LogP contribution in [0.2, 0.25) is 0 Å². The summed E-state index contributed by atoms with van der Waals surface area (Å²) in [5, 5.41) is 19.6. The zero-order valence-corrected chi connectivity index (χ0v) is 13.7. The second-order valence-corrected chi connectivity index (χ2v) is 5.91. The number of fused-ring (bicyclic) bond motifs is 1. The number of aromatic nitrogens is 1. The van der Waals surface area contributed by atoms with Crippen molar-refractivity contribution in [3.63, 3.8) is 0 Å². The molecule has 0 radical (unpaired) electrons. The first-order chi connectivity index (χ1) is 11.8. The standard InChI is InChI=1S/C19H16FNO4/c1-10(19(24)25)17-11(2)21(16-7-6-14(22)9-15(16)17)18(23)12-4-3-5-13(20)8-12/h3-10,22H,1-2H3,(H,24,25). The zero-order valence-electron chi connectivity index (χ0n) is 13.7. The predicted molar refractivity (Wildman–Crippen MR) is 90.5 cm³/mol. The first-order valence-corrected chi connectivity index (χ1v) is 7.68. The molecule has 0 saturated heterocycles. The van der Waals surface area contributed by atoms with Gasteiger partial charge in [-0.2, -0.15) is 0 Å². The van der Waals surface area contributed by atoms with Crippen LogP contribution in [0.4, 0.5) is 4.39 Å². The molecule has 0 amide bonds. The lowest BCUT2D eigenvalue weighted by Crippen LogP contribution is -2.15. The highest BCUT2D eigenvalue weighted by Crippen LogP contribution is 2.34. The second kappa shape index (κ2) is 6.05. The third kappa shape index (κ3) is 2.76. The van der Waals surface area contributed by atoms with Crippen LogP contribution >= 0.6 is 0 Å². The minimum atomic E-state index is -1.04. The van der Waals surface area contributed by atoms with Gasteiger partial charge < -0.3 is 10.2 Å². The van der Waals surface area contributed by atoms with Crippen molar-refractivity contribution in [3.05, 3.63) is 65.1 Å². The number of benzene rings is 2. The number of phenolic OH excluding ortho intramolecular Hbond substituents is 1. The van der Waals surface area contributed by atoms with E-state index >= 15 is 0 Å². The van der Waals surface area contributed by atoms with Crippen LogP contribution in [0.3, 0.4) is 0 Å². The van der Waals surface area contributed by atoms with Crippen molar-refractivity contribution >= 4 is 22.8 Å². The van der Waals surface area contributed by atoms with Crippen LogP contribution in [-0.2, 0) is 4.79 Å². The Labute approximate surface area is 142 Å². The third-order valence-corrected chi connectivity index (χ3v) is 4.31. The summed E-state index contributed by atoms with van der Waals surface area (Å²) >= 11 is 0. The molecule has 128 valence electrons. The van der Waals surface area contributed by atoms with Gasteiger partial charge >= 0.3 is 5.97 Å². The smallest absolute Gasteiger partial charge is 0.310 e. The van der Waals surface area contributed by atoms with E-state index in [0.717, 1.165) is 6.07 Å². The molecule has 0 fully saturated rings. The van der Waals surface area contributed by atoms with Crippen LogP contribution in [0.5, 0.6) is 5.75 Å². The zero-order chi connectivity index (χ0) is 18.3. The first kappa shape index (κ1) is 16.7. The van der Waals surface area contributed by atoms with E-state index in [2.05, 4.69) is 0 Å². The van der Waals surface area contributed by atoms with Crippen molar-refractivity contribution in [1.29, 1.82) is 0 Å². The van der Waals surface area contributed by atoms with Gasteiger partial charge in [-0.05, 0) is 55.8 Å². The Balaban J connectivity index is 2.30. The molecule has 0 spiro atoms. The summed E-state index contributed by atoms with van der Waals surface area (Å²) < 4.78 is 14.8. The number of rotatable bonds is 3. The molecule has 2 N–H and O–H groups in total. The normalized spacial score (nSPS) is 12.3. The quantitative estimate of drug-likeness (QED) is 0.762. The number of carboxylic acid groups (broad SMARTS) is 1. The van der Waals surface area contributed by atoms with Crippen molar-refractivity contribution < 1.29 is 24.2 Å². The summed E-state index contributed by atoms with van der Waals surface area (Å²) in [6, 6.07) is 9.72. The van der Waals surface area contributed by atoms with Crippen molar-refractivity contribution in [3.8, 4) is 5.75 Å². The molecule has 1 atom stereocenters. The van der Waals surface area contributed by atoms with Gasteiger partial charge in [0.2, 0.25) is 0 Å². The van der Waals surface area contributed by atoms with Gasteiger partial charge in [0, 0.05) is 16.6 Å². The van der Waals surface area contributed by atoms with Gasteiger partial charge in [-0.3, -0.25) is 14.2 Å². The van der Waals surface area contributed by atoms with Crippen molar-refractivity contribution in [2.24, 2.45) is 0 Å².